The molecule has 0 spiro atoms. The van der Waals surface area contributed by atoms with Gasteiger partial charge in [0.2, 0.25) is 0 Å². The monoisotopic (exact) mass is 270 g/mol. The van der Waals surface area contributed by atoms with Gasteiger partial charge in [0.05, 0.1) is 11.1 Å². The summed E-state index contributed by atoms with van der Waals surface area (Å²) in [5.41, 5.74) is 1.61. The van der Waals surface area contributed by atoms with Crippen LogP contribution in [0.5, 0.6) is 0 Å². The summed E-state index contributed by atoms with van der Waals surface area (Å²) in [5.74, 6) is 0.567. The minimum atomic E-state index is -0.107. The van der Waals surface area contributed by atoms with Crippen LogP contribution in [0.4, 0.5) is 5.69 Å². The molecule has 2 heterocycles. The third-order valence-electron chi connectivity index (χ3n) is 2.58. The van der Waals surface area contributed by atoms with Crippen molar-refractivity contribution in [2.24, 2.45) is 0 Å². The summed E-state index contributed by atoms with van der Waals surface area (Å²) >= 11 is 1.41. The summed E-state index contributed by atoms with van der Waals surface area (Å²) in [6, 6.07) is 11.1. The number of amides is 1. The zero-order chi connectivity index (χ0) is 13.1. The number of rotatable bonds is 3. The number of nitrogens with one attached hydrogen (secondary N) is 1. The molecule has 19 heavy (non-hydrogen) atoms. The fraction of sp³-hybridized carbons (Fsp3) is 0. The SMILES string of the molecule is O=C(Nc1cccc(-c2cnco2)c1)c1cccs1. The summed E-state index contributed by atoms with van der Waals surface area (Å²) in [4.78, 5) is 16.5. The first-order valence-electron chi connectivity index (χ1n) is 5.67. The Labute approximate surface area is 113 Å². The Morgan fingerprint density at radius 2 is 2.21 bits per heavy atom. The van der Waals surface area contributed by atoms with Crippen LogP contribution in [0, 0.1) is 0 Å². The molecule has 2 aromatic heterocycles. The van der Waals surface area contributed by atoms with E-state index in [1.54, 1.807) is 12.3 Å². The molecule has 1 aromatic carbocycles. The van der Waals surface area contributed by atoms with E-state index in [-0.39, 0.29) is 5.91 Å². The van der Waals surface area contributed by atoms with Gasteiger partial charge in [-0.2, -0.15) is 0 Å². The third-order valence-corrected chi connectivity index (χ3v) is 3.45. The lowest BCUT2D eigenvalue weighted by molar-refractivity contribution is 0.103. The molecule has 0 fully saturated rings. The van der Waals surface area contributed by atoms with Crippen LogP contribution in [0.25, 0.3) is 11.3 Å². The lowest BCUT2D eigenvalue weighted by Crippen LogP contribution is -2.09. The predicted molar refractivity (Wildman–Crippen MR) is 74.2 cm³/mol. The molecule has 3 aromatic rings. The van der Waals surface area contributed by atoms with Gasteiger partial charge in [0.25, 0.3) is 5.91 Å². The second-order valence-electron chi connectivity index (χ2n) is 3.88. The number of thiophene rings is 1. The van der Waals surface area contributed by atoms with Crippen molar-refractivity contribution < 1.29 is 9.21 Å². The molecular formula is C14H10N2O2S. The van der Waals surface area contributed by atoms with E-state index >= 15 is 0 Å². The van der Waals surface area contributed by atoms with Gasteiger partial charge in [0.15, 0.2) is 12.2 Å². The van der Waals surface area contributed by atoms with Crippen LogP contribution in [0.15, 0.2) is 58.8 Å². The number of benzene rings is 1. The van der Waals surface area contributed by atoms with Gasteiger partial charge in [0, 0.05) is 11.3 Å². The minimum absolute atomic E-state index is 0.107. The number of nitrogens with zero attached hydrogens (tertiary/aromatic N) is 1. The van der Waals surface area contributed by atoms with Crippen LogP contribution < -0.4 is 5.32 Å². The highest BCUT2D eigenvalue weighted by atomic mass is 32.1. The molecule has 0 radical (unpaired) electrons. The van der Waals surface area contributed by atoms with Gasteiger partial charge in [-0.3, -0.25) is 4.79 Å². The van der Waals surface area contributed by atoms with Crippen LogP contribution in [0.3, 0.4) is 0 Å². The Bertz CT molecular complexity index is 675. The van der Waals surface area contributed by atoms with E-state index in [9.17, 15) is 4.79 Å². The Kier molecular flexibility index (Phi) is 3.12. The Balaban J connectivity index is 1.82. The Hall–Kier alpha value is -2.40. The summed E-state index contributed by atoms with van der Waals surface area (Å²) < 4.78 is 5.23. The van der Waals surface area contributed by atoms with Crippen LogP contribution >= 0.6 is 11.3 Å². The summed E-state index contributed by atoms with van der Waals surface area (Å²) in [5, 5.41) is 4.73. The van der Waals surface area contributed by atoms with Crippen LogP contribution in [0.2, 0.25) is 0 Å². The van der Waals surface area contributed by atoms with E-state index in [1.165, 1.54) is 17.7 Å². The van der Waals surface area contributed by atoms with Crippen molar-refractivity contribution in [3.05, 3.63) is 59.2 Å². The van der Waals surface area contributed by atoms with Crippen LogP contribution in [-0.2, 0) is 0 Å². The van der Waals surface area contributed by atoms with E-state index in [4.69, 9.17) is 4.42 Å². The number of hydrogen-bond donors (Lipinski definition) is 1. The second-order valence-corrected chi connectivity index (χ2v) is 4.83. The summed E-state index contributed by atoms with van der Waals surface area (Å²) in [6.07, 6.45) is 3.02. The predicted octanol–water partition coefficient (Wildman–Crippen LogP) is 3.66. The standard InChI is InChI=1S/C14H10N2O2S/c17-14(13-5-2-6-19-13)16-11-4-1-3-10(7-11)12-8-15-9-18-12/h1-9H,(H,16,17). The highest BCUT2D eigenvalue weighted by molar-refractivity contribution is 7.12. The molecule has 0 aliphatic rings. The molecular weight excluding hydrogens is 260 g/mol. The number of aromatic nitrogens is 1. The third kappa shape index (κ3) is 2.56. The van der Waals surface area contributed by atoms with E-state index in [0.29, 0.717) is 10.6 Å². The average Bonchev–Trinajstić information content (AvgIpc) is 3.13. The van der Waals surface area contributed by atoms with Crippen molar-refractivity contribution in [3.63, 3.8) is 0 Å². The van der Waals surface area contributed by atoms with Crippen molar-refractivity contribution in [2.45, 2.75) is 0 Å². The fourth-order valence-electron chi connectivity index (χ4n) is 1.71. The maximum Gasteiger partial charge on any atom is 0.265 e. The van der Waals surface area contributed by atoms with Crippen molar-refractivity contribution in [2.75, 3.05) is 5.32 Å². The molecule has 1 N–H and O–H groups in total. The van der Waals surface area contributed by atoms with Gasteiger partial charge >= 0.3 is 0 Å². The van der Waals surface area contributed by atoms with E-state index < -0.39 is 0 Å². The highest BCUT2D eigenvalue weighted by Crippen LogP contribution is 2.22. The number of hydrogen-bond acceptors (Lipinski definition) is 4. The molecule has 3 rings (SSSR count). The smallest absolute Gasteiger partial charge is 0.265 e. The van der Waals surface area contributed by atoms with E-state index in [2.05, 4.69) is 10.3 Å². The van der Waals surface area contributed by atoms with Crippen LogP contribution in [0.1, 0.15) is 9.67 Å². The van der Waals surface area contributed by atoms with Crippen molar-refractivity contribution >= 4 is 22.9 Å². The molecule has 0 saturated heterocycles. The minimum Gasteiger partial charge on any atom is -0.444 e. The number of carbonyl (C=O) groups excluding carboxylic acids is 1. The first-order valence-corrected chi connectivity index (χ1v) is 6.55. The average molecular weight is 270 g/mol. The molecule has 0 bridgehead atoms. The zero-order valence-corrected chi connectivity index (χ0v) is 10.7. The molecule has 0 unspecified atom stereocenters. The van der Waals surface area contributed by atoms with Crippen LogP contribution in [-0.4, -0.2) is 10.9 Å². The van der Waals surface area contributed by atoms with E-state index in [1.807, 2.05) is 35.7 Å². The lowest BCUT2D eigenvalue weighted by Gasteiger charge is -2.05. The van der Waals surface area contributed by atoms with Gasteiger partial charge in [0.1, 0.15) is 0 Å². The first kappa shape index (κ1) is 11.7. The summed E-state index contributed by atoms with van der Waals surface area (Å²) in [6.45, 7) is 0. The maximum absolute atomic E-state index is 11.9. The van der Waals surface area contributed by atoms with Gasteiger partial charge in [-0.1, -0.05) is 18.2 Å². The lowest BCUT2D eigenvalue weighted by atomic mass is 10.1. The second kappa shape index (κ2) is 5.07. The zero-order valence-electron chi connectivity index (χ0n) is 9.87. The molecule has 0 aliphatic heterocycles. The number of anilines is 1. The molecule has 0 aliphatic carbocycles. The molecule has 4 nitrogen and oxygen atoms in total. The normalized spacial score (nSPS) is 10.3. The number of carbonyl (C=O) groups is 1. The Morgan fingerprint density at radius 3 is 2.95 bits per heavy atom. The topological polar surface area (TPSA) is 55.1 Å². The first-order chi connectivity index (χ1) is 9.33. The van der Waals surface area contributed by atoms with Crippen molar-refractivity contribution in [1.82, 2.24) is 4.98 Å². The largest absolute Gasteiger partial charge is 0.444 e. The van der Waals surface area contributed by atoms with Gasteiger partial charge < -0.3 is 9.73 Å². The van der Waals surface area contributed by atoms with E-state index in [0.717, 1.165) is 11.3 Å². The maximum atomic E-state index is 11.9. The van der Waals surface area contributed by atoms with Crippen molar-refractivity contribution in [1.29, 1.82) is 0 Å². The summed E-state index contributed by atoms with van der Waals surface area (Å²) in [7, 11) is 0. The van der Waals surface area contributed by atoms with Gasteiger partial charge in [-0.05, 0) is 23.6 Å². The van der Waals surface area contributed by atoms with Gasteiger partial charge in [-0.25, -0.2) is 4.98 Å². The highest BCUT2D eigenvalue weighted by Gasteiger charge is 2.08. The van der Waals surface area contributed by atoms with Crippen molar-refractivity contribution in [3.8, 4) is 11.3 Å². The van der Waals surface area contributed by atoms with Gasteiger partial charge in [-0.15, -0.1) is 11.3 Å². The molecule has 5 heteroatoms. The molecule has 0 atom stereocenters. The molecule has 1 amide bonds. The molecule has 94 valence electrons. The fourth-order valence-corrected chi connectivity index (χ4v) is 2.33. The Morgan fingerprint density at radius 1 is 1.26 bits per heavy atom. The number of oxazole rings is 1. The quantitative estimate of drug-likeness (QED) is 0.790. The molecule has 0 saturated carbocycles.